The zero-order chi connectivity index (χ0) is 9.68. The second-order valence-corrected chi connectivity index (χ2v) is 4.62. The Kier molecular flexibility index (Phi) is 4.51. The highest BCUT2D eigenvalue weighted by Crippen LogP contribution is 2.23. The molecule has 0 radical (unpaired) electrons. The molecule has 0 heterocycles. The van der Waals surface area contributed by atoms with Crippen molar-refractivity contribution in [3.8, 4) is 0 Å². The third-order valence-corrected chi connectivity index (χ3v) is 3.00. The van der Waals surface area contributed by atoms with Crippen LogP contribution in [0.1, 0.15) is 46.0 Å². The van der Waals surface area contributed by atoms with E-state index in [1.165, 1.54) is 31.3 Å². The van der Waals surface area contributed by atoms with E-state index in [4.69, 9.17) is 0 Å². The summed E-state index contributed by atoms with van der Waals surface area (Å²) in [6.45, 7) is 9.50. The number of nitrogens with one attached hydrogen (secondary N) is 1. The first-order valence-corrected chi connectivity index (χ1v) is 5.56. The maximum atomic E-state index is 3.91. The average molecular weight is 181 g/mol. The molecule has 1 fully saturated rings. The van der Waals surface area contributed by atoms with Crippen molar-refractivity contribution in [2.24, 2.45) is 5.92 Å². The fraction of sp³-hybridized carbons (Fsp3) is 0.833. The van der Waals surface area contributed by atoms with E-state index >= 15 is 0 Å². The van der Waals surface area contributed by atoms with Gasteiger partial charge in [-0.2, -0.15) is 0 Å². The SMILES string of the molecule is C=C(C)CCN[C@H]1CC[C@H](C)CC1. The third kappa shape index (κ3) is 4.47. The maximum absolute atomic E-state index is 3.91. The molecule has 1 N–H and O–H groups in total. The van der Waals surface area contributed by atoms with Gasteiger partial charge in [0.25, 0.3) is 0 Å². The van der Waals surface area contributed by atoms with Crippen molar-refractivity contribution in [2.75, 3.05) is 6.54 Å². The minimum atomic E-state index is 0.788. The molecule has 0 spiro atoms. The molecule has 0 aromatic carbocycles. The predicted octanol–water partition coefficient (Wildman–Crippen LogP) is 3.12. The lowest BCUT2D eigenvalue weighted by Gasteiger charge is -2.27. The third-order valence-electron chi connectivity index (χ3n) is 3.00. The molecule has 0 bridgehead atoms. The summed E-state index contributed by atoms with van der Waals surface area (Å²) in [5, 5.41) is 3.61. The van der Waals surface area contributed by atoms with E-state index in [2.05, 4.69) is 25.7 Å². The van der Waals surface area contributed by atoms with Crippen LogP contribution in [0.25, 0.3) is 0 Å². The van der Waals surface area contributed by atoms with Crippen LogP contribution in [0.3, 0.4) is 0 Å². The predicted molar refractivity (Wildman–Crippen MR) is 58.9 cm³/mol. The average Bonchev–Trinajstić information content (AvgIpc) is 2.08. The molecule has 13 heavy (non-hydrogen) atoms. The van der Waals surface area contributed by atoms with Crippen LogP contribution in [0.15, 0.2) is 12.2 Å². The number of hydrogen-bond acceptors (Lipinski definition) is 1. The van der Waals surface area contributed by atoms with Gasteiger partial charge in [0.2, 0.25) is 0 Å². The molecule has 0 aromatic heterocycles. The molecular formula is C12H23N. The van der Waals surface area contributed by atoms with E-state index < -0.39 is 0 Å². The van der Waals surface area contributed by atoms with Gasteiger partial charge in [0.05, 0.1) is 0 Å². The summed E-state index contributed by atoms with van der Waals surface area (Å²) in [6, 6.07) is 0.788. The van der Waals surface area contributed by atoms with Crippen molar-refractivity contribution in [2.45, 2.75) is 52.0 Å². The minimum Gasteiger partial charge on any atom is -0.314 e. The van der Waals surface area contributed by atoms with Crippen molar-refractivity contribution in [3.05, 3.63) is 12.2 Å². The maximum Gasteiger partial charge on any atom is 0.00673 e. The first-order chi connectivity index (χ1) is 6.18. The quantitative estimate of drug-likeness (QED) is 0.657. The monoisotopic (exact) mass is 181 g/mol. The van der Waals surface area contributed by atoms with Gasteiger partial charge in [-0.05, 0) is 51.5 Å². The Bertz CT molecular complexity index is 155. The summed E-state index contributed by atoms with van der Waals surface area (Å²) in [5.74, 6) is 0.958. The summed E-state index contributed by atoms with van der Waals surface area (Å²) in [7, 11) is 0. The van der Waals surface area contributed by atoms with Gasteiger partial charge in [0.1, 0.15) is 0 Å². The zero-order valence-electron chi connectivity index (χ0n) is 9.10. The van der Waals surface area contributed by atoms with Crippen LogP contribution in [-0.4, -0.2) is 12.6 Å². The highest BCUT2D eigenvalue weighted by Gasteiger charge is 2.16. The van der Waals surface area contributed by atoms with Crippen LogP contribution in [0.2, 0.25) is 0 Å². The summed E-state index contributed by atoms with van der Waals surface area (Å²) in [6.07, 6.45) is 6.69. The van der Waals surface area contributed by atoms with Gasteiger partial charge in [-0.15, -0.1) is 6.58 Å². The van der Waals surface area contributed by atoms with Gasteiger partial charge in [-0.3, -0.25) is 0 Å². The fourth-order valence-corrected chi connectivity index (χ4v) is 1.95. The van der Waals surface area contributed by atoms with E-state index in [0.29, 0.717) is 0 Å². The largest absolute Gasteiger partial charge is 0.314 e. The van der Waals surface area contributed by atoms with Crippen LogP contribution in [0.4, 0.5) is 0 Å². The van der Waals surface area contributed by atoms with E-state index in [1.807, 2.05) is 0 Å². The molecule has 1 nitrogen and oxygen atoms in total. The van der Waals surface area contributed by atoms with Gasteiger partial charge in [0, 0.05) is 6.04 Å². The highest BCUT2D eigenvalue weighted by molar-refractivity contribution is 4.89. The molecule has 1 aliphatic rings. The summed E-state index contributed by atoms with van der Waals surface area (Å²) >= 11 is 0. The molecule has 1 aliphatic carbocycles. The Morgan fingerprint density at radius 2 is 1.92 bits per heavy atom. The van der Waals surface area contributed by atoms with Crippen LogP contribution in [0, 0.1) is 5.92 Å². The Hall–Kier alpha value is -0.300. The van der Waals surface area contributed by atoms with Gasteiger partial charge in [-0.25, -0.2) is 0 Å². The van der Waals surface area contributed by atoms with Gasteiger partial charge < -0.3 is 5.32 Å². The van der Waals surface area contributed by atoms with E-state index in [9.17, 15) is 0 Å². The van der Waals surface area contributed by atoms with Crippen LogP contribution >= 0.6 is 0 Å². The van der Waals surface area contributed by atoms with Crippen LogP contribution < -0.4 is 5.32 Å². The first kappa shape index (κ1) is 10.8. The summed E-state index contributed by atoms with van der Waals surface area (Å²) < 4.78 is 0. The van der Waals surface area contributed by atoms with Gasteiger partial charge in [0.15, 0.2) is 0 Å². The lowest BCUT2D eigenvalue weighted by Crippen LogP contribution is -2.33. The standard InChI is InChI=1S/C12H23N/c1-10(2)8-9-13-12-6-4-11(3)5-7-12/h11-13H,1,4-9H2,2-3H3/t11-,12-. The first-order valence-electron chi connectivity index (χ1n) is 5.56. The molecule has 0 amide bonds. The minimum absolute atomic E-state index is 0.788. The van der Waals surface area contributed by atoms with E-state index in [0.717, 1.165) is 24.9 Å². The molecular weight excluding hydrogens is 158 g/mol. The lowest BCUT2D eigenvalue weighted by atomic mass is 9.87. The number of rotatable bonds is 4. The van der Waals surface area contributed by atoms with Crippen molar-refractivity contribution >= 4 is 0 Å². The van der Waals surface area contributed by atoms with Crippen LogP contribution in [0.5, 0.6) is 0 Å². The van der Waals surface area contributed by atoms with Gasteiger partial charge in [-0.1, -0.05) is 12.5 Å². The topological polar surface area (TPSA) is 12.0 Å². The zero-order valence-corrected chi connectivity index (χ0v) is 9.10. The normalized spacial score (nSPS) is 28.8. The summed E-state index contributed by atoms with van der Waals surface area (Å²) in [5.41, 5.74) is 1.29. The molecule has 1 saturated carbocycles. The lowest BCUT2D eigenvalue weighted by molar-refractivity contribution is 0.309. The van der Waals surface area contributed by atoms with Crippen molar-refractivity contribution in [1.29, 1.82) is 0 Å². The smallest absolute Gasteiger partial charge is 0.00673 e. The molecule has 0 aliphatic heterocycles. The van der Waals surface area contributed by atoms with Crippen molar-refractivity contribution < 1.29 is 0 Å². The molecule has 1 heteroatoms. The Balaban J connectivity index is 2.05. The van der Waals surface area contributed by atoms with Gasteiger partial charge >= 0.3 is 0 Å². The Morgan fingerprint density at radius 1 is 1.31 bits per heavy atom. The van der Waals surface area contributed by atoms with E-state index in [-0.39, 0.29) is 0 Å². The molecule has 0 aromatic rings. The fourth-order valence-electron chi connectivity index (χ4n) is 1.95. The van der Waals surface area contributed by atoms with Crippen molar-refractivity contribution in [3.63, 3.8) is 0 Å². The van der Waals surface area contributed by atoms with Crippen LogP contribution in [-0.2, 0) is 0 Å². The molecule has 76 valence electrons. The highest BCUT2D eigenvalue weighted by atomic mass is 14.9. The molecule has 0 atom stereocenters. The van der Waals surface area contributed by atoms with Crippen molar-refractivity contribution in [1.82, 2.24) is 5.32 Å². The molecule has 0 unspecified atom stereocenters. The second kappa shape index (κ2) is 5.43. The molecule has 1 rings (SSSR count). The Morgan fingerprint density at radius 3 is 2.46 bits per heavy atom. The second-order valence-electron chi connectivity index (χ2n) is 4.62. The number of hydrogen-bond donors (Lipinski definition) is 1. The van der Waals surface area contributed by atoms with E-state index in [1.54, 1.807) is 0 Å². The summed E-state index contributed by atoms with van der Waals surface area (Å²) in [4.78, 5) is 0. The Labute approximate surface area is 82.6 Å². The molecule has 0 saturated heterocycles.